The van der Waals surface area contributed by atoms with E-state index >= 15 is 0 Å². The van der Waals surface area contributed by atoms with Gasteiger partial charge in [-0.25, -0.2) is 4.98 Å². The second-order valence-electron chi connectivity index (χ2n) is 4.09. The van der Waals surface area contributed by atoms with Crippen molar-refractivity contribution in [3.8, 4) is 5.88 Å². The zero-order valence-corrected chi connectivity index (χ0v) is 11.5. The zero-order valence-electron chi connectivity index (χ0n) is 11.5. The van der Waals surface area contributed by atoms with Crippen LogP contribution < -0.4 is 10.1 Å². The average Bonchev–Trinajstić information content (AvgIpc) is 2.93. The summed E-state index contributed by atoms with van der Waals surface area (Å²) in [5.74, 6) is 1.50. The molecule has 0 saturated carbocycles. The number of aryl methyl sites for hydroxylation is 1. The second-order valence-corrected chi connectivity index (χ2v) is 4.09. The van der Waals surface area contributed by atoms with Gasteiger partial charge in [0.05, 0.1) is 19.4 Å². The lowest BCUT2D eigenvalue weighted by atomic mass is 10.0. The van der Waals surface area contributed by atoms with Crippen LogP contribution in [0.4, 0.5) is 0 Å². The lowest BCUT2D eigenvalue weighted by Gasteiger charge is -2.18. The van der Waals surface area contributed by atoms with Crippen LogP contribution in [0.15, 0.2) is 29.1 Å². The fourth-order valence-corrected chi connectivity index (χ4v) is 2.14. The molecule has 2 aromatic rings. The van der Waals surface area contributed by atoms with Gasteiger partial charge in [0.2, 0.25) is 5.88 Å². The van der Waals surface area contributed by atoms with Crippen LogP contribution >= 0.6 is 0 Å². The number of aromatic nitrogens is 2. The van der Waals surface area contributed by atoms with E-state index in [9.17, 15) is 0 Å². The molecule has 0 bridgehead atoms. The minimum Gasteiger partial charge on any atom is -0.480 e. The third-order valence-electron chi connectivity index (χ3n) is 2.98. The molecule has 0 aliphatic carbocycles. The Morgan fingerprint density at radius 2 is 2.11 bits per heavy atom. The Kier molecular flexibility index (Phi) is 4.52. The first-order chi connectivity index (χ1) is 9.31. The quantitative estimate of drug-likeness (QED) is 0.864. The molecular formula is C14H19N3O2. The minimum atomic E-state index is -0.0673. The molecule has 2 heterocycles. The van der Waals surface area contributed by atoms with Gasteiger partial charge in [-0.1, -0.05) is 13.8 Å². The summed E-state index contributed by atoms with van der Waals surface area (Å²) in [6, 6.07) is 1.91. The summed E-state index contributed by atoms with van der Waals surface area (Å²) >= 11 is 0. The molecule has 2 aromatic heterocycles. The largest absolute Gasteiger partial charge is 0.480 e. The maximum Gasteiger partial charge on any atom is 0.237 e. The Balaban J connectivity index is 2.45. The Morgan fingerprint density at radius 1 is 1.32 bits per heavy atom. The van der Waals surface area contributed by atoms with Gasteiger partial charge in [-0.2, -0.15) is 0 Å². The third-order valence-corrected chi connectivity index (χ3v) is 2.98. The van der Waals surface area contributed by atoms with Crippen molar-refractivity contribution in [3.05, 3.63) is 41.7 Å². The van der Waals surface area contributed by atoms with Gasteiger partial charge in [-0.15, -0.1) is 0 Å². The first-order valence-electron chi connectivity index (χ1n) is 6.46. The molecule has 0 aromatic carbocycles. The van der Waals surface area contributed by atoms with Gasteiger partial charge in [0, 0.05) is 24.4 Å². The van der Waals surface area contributed by atoms with Crippen molar-refractivity contribution in [2.24, 2.45) is 0 Å². The molecule has 0 aliphatic rings. The third kappa shape index (κ3) is 2.76. The molecule has 0 radical (unpaired) electrons. The molecule has 5 heteroatoms. The van der Waals surface area contributed by atoms with Crippen molar-refractivity contribution in [1.82, 2.24) is 15.3 Å². The molecule has 0 amide bonds. The van der Waals surface area contributed by atoms with Crippen molar-refractivity contribution >= 4 is 0 Å². The highest BCUT2D eigenvalue weighted by Gasteiger charge is 2.23. The second kappa shape index (κ2) is 6.33. The minimum absolute atomic E-state index is 0.0673. The molecule has 1 atom stereocenters. The Bertz CT molecular complexity index is 525. The molecule has 102 valence electrons. The summed E-state index contributed by atoms with van der Waals surface area (Å²) in [5, 5.41) is 3.41. The molecule has 0 fully saturated rings. The van der Waals surface area contributed by atoms with Gasteiger partial charge in [0.25, 0.3) is 0 Å². The summed E-state index contributed by atoms with van der Waals surface area (Å²) in [6.07, 6.45) is 5.85. The Labute approximate surface area is 113 Å². The van der Waals surface area contributed by atoms with E-state index < -0.39 is 0 Å². The van der Waals surface area contributed by atoms with Crippen molar-refractivity contribution in [2.45, 2.75) is 26.3 Å². The number of ether oxygens (including phenoxy) is 1. The van der Waals surface area contributed by atoms with E-state index in [1.807, 2.05) is 6.07 Å². The fourth-order valence-electron chi connectivity index (χ4n) is 2.14. The summed E-state index contributed by atoms with van der Waals surface area (Å²) in [7, 11) is 1.60. The van der Waals surface area contributed by atoms with Gasteiger partial charge >= 0.3 is 0 Å². The summed E-state index contributed by atoms with van der Waals surface area (Å²) in [6.45, 7) is 4.94. The Morgan fingerprint density at radius 3 is 2.79 bits per heavy atom. The van der Waals surface area contributed by atoms with Crippen LogP contribution in [0.25, 0.3) is 0 Å². The van der Waals surface area contributed by atoms with Gasteiger partial charge in [-0.3, -0.25) is 4.98 Å². The van der Waals surface area contributed by atoms with Crippen LogP contribution in [0, 0.1) is 0 Å². The van der Waals surface area contributed by atoms with Gasteiger partial charge in [-0.05, 0) is 12.6 Å². The van der Waals surface area contributed by atoms with E-state index in [4.69, 9.17) is 9.15 Å². The predicted octanol–water partition coefficient (Wildman–Crippen LogP) is 2.34. The predicted molar refractivity (Wildman–Crippen MR) is 72.2 cm³/mol. The number of hydrogen-bond acceptors (Lipinski definition) is 5. The van der Waals surface area contributed by atoms with E-state index in [0.717, 1.165) is 30.0 Å². The molecular weight excluding hydrogens is 242 g/mol. The van der Waals surface area contributed by atoms with E-state index in [-0.39, 0.29) is 6.04 Å². The highest BCUT2D eigenvalue weighted by Crippen LogP contribution is 2.29. The summed E-state index contributed by atoms with van der Waals surface area (Å²) in [5.41, 5.74) is 1.87. The zero-order chi connectivity index (χ0) is 13.7. The van der Waals surface area contributed by atoms with Crippen LogP contribution in [0.3, 0.4) is 0 Å². The van der Waals surface area contributed by atoms with E-state index in [1.54, 1.807) is 25.8 Å². The summed E-state index contributed by atoms with van der Waals surface area (Å²) in [4.78, 5) is 8.62. The van der Waals surface area contributed by atoms with Gasteiger partial charge < -0.3 is 14.5 Å². The van der Waals surface area contributed by atoms with Crippen LogP contribution in [-0.4, -0.2) is 23.6 Å². The Hall–Kier alpha value is -1.88. The maximum absolute atomic E-state index is 5.51. The fraction of sp³-hybridized carbons (Fsp3) is 0.429. The molecule has 19 heavy (non-hydrogen) atoms. The lowest BCUT2D eigenvalue weighted by Crippen LogP contribution is -2.24. The van der Waals surface area contributed by atoms with Crippen LogP contribution in [0.1, 0.15) is 36.9 Å². The van der Waals surface area contributed by atoms with E-state index in [0.29, 0.717) is 5.88 Å². The molecule has 0 spiro atoms. The smallest absolute Gasteiger partial charge is 0.237 e. The highest BCUT2D eigenvalue weighted by atomic mass is 16.5. The van der Waals surface area contributed by atoms with Crippen LogP contribution in [0.5, 0.6) is 5.88 Å². The van der Waals surface area contributed by atoms with Gasteiger partial charge in [0.1, 0.15) is 11.5 Å². The molecule has 5 nitrogen and oxygen atoms in total. The van der Waals surface area contributed by atoms with Gasteiger partial charge in [0.15, 0.2) is 0 Å². The number of nitrogens with one attached hydrogen (secondary N) is 1. The number of rotatable bonds is 6. The number of furan rings is 1. The van der Waals surface area contributed by atoms with E-state index in [2.05, 4.69) is 29.1 Å². The standard InChI is InChI=1S/C14H19N3O2/c1-4-11-10(6-9-19-11)12(15-5-2)13-14(18-3)17-8-7-16-13/h6-9,12,15H,4-5H2,1-3H3. The lowest BCUT2D eigenvalue weighted by molar-refractivity contribution is 0.382. The van der Waals surface area contributed by atoms with Crippen molar-refractivity contribution in [2.75, 3.05) is 13.7 Å². The number of hydrogen-bond donors (Lipinski definition) is 1. The topological polar surface area (TPSA) is 60.2 Å². The number of methoxy groups -OCH3 is 1. The molecule has 1 N–H and O–H groups in total. The monoisotopic (exact) mass is 261 g/mol. The van der Waals surface area contributed by atoms with Crippen LogP contribution in [0.2, 0.25) is 0 Å². The van der Waals surface area contributed by atoms with Crippen molar-refractivity contribution in [1.29, 1.82) is 0 Å². The van der Waals surface area contributed by atoms with E-state index in [1.165, 1.54) is 0 Å². The average molecular weight is 261 g/mol. The maximum atomic E-state index is 5.51. The SMILES string of the molecule is CCNC(c1ccoc1CC)c1nccnc1OC. The normalized spacial score (nSPS) is 12.4. The molecule has 0 saturated heterocycles. The first-order valence-corrected chi connectivity index (χ1v) is 6.46. The van der Waals surface area contributed by atoms with Crippen LogP contribution in [-0.2, 0) is 6.42 Å². The molecule has 0 aliphatic heterocycles. The summed E-state index contributed by atoms with van der Waals surface area (Å²) < 4.78 is 10.8. The van der Waals surface area contributed by atoms with Crippen molar-refractivity contribution < 1.29 is 9.15 Å². The first kappa shape index (κ1) is 13.5. The highest BCUT2D eigenvalue weighted by molar-refractivity contribution is 5.34. The van der Waals surface area contributed by atoms with Crippen molar-refractivity contribution in [3.63, 3.8) is 0 Å². The molecule has 1 unspecified atom stereocenters. The number of nitrogens with zero attached hydrogens (tertiary/aromatic N) is 2. The molecule has 2 rings (SSSR count).